The summed E-state index contributed by atoms with van der Waals surface area (Å²) >= 11 is 3.43. The molecular weight excluding hydrogens is 360 g/mol. The van der Waals surface area contributed by atoms with E-state index in [9.17, 15) is 4.79 Å². The molecule has 1 amide bonds. The first-order valence-corrected chi connectivity index (χ1v) is 7.67. The van der Waals surface area contributed by atoms with Gasteiger partial charge in [-0.05, 0) is 70.9 Å². The van der Waals surface area contributed by atoms with Gasteiger partial charge < -0.3 is 9.47 Å². The summed E-state index contributed by atoms with van der Waals surface area (Å²) in [6.07, 6.45) is 0. The molecule has 0 radical (unpaired) electrons. The van der Waals surface area contributed by atoms with Gasteiger partial charge in [0.05, 0.1) is 24.4 Å². The zero-order chi connectivity index (χ0) is 16.8. The van der Waals surface area contributed by atoms with Crippen molar-refractivity contribution in [3.8, 4) is 11.5 Å². The van der Waals surface area contributed by atoms with E-state index in [-0.39, 0.29) is 5.91 Å². The van der Waals surface area contributed by atoms with E-state index in [1.165, 1.54) is 0 Å². The molecule has 1 N–H and O–H groups in total. The lowest BCUT2D eigenvalue weighted by atomic mass is 10.1. The minimum atomic E-state index is -0.278. The number of ether oxygens (including phenoxy) is 2. The molecule has 2 rings (SSSR count). The fourth-order valence-electron chi connectivity index (χ4n) is 1.90. The Balaban J connectivity index is 2.08. The van der Waals surface area contributed by atoms with Gasteiger partial charge in [-0.25, -0.2) is 5.43 Å². The monoisotopic (exact) mass is 376 g/mol. The minimum absolute atomic E-state index is 0.278. The standard InChI is InChI=1S/C17H17BrN2O3/c1-11(13-6-9-16(23-3)15(18)10-13)19-20-17(21)12-4-7-14(22-2)8-5-12/h4-10H,1-3H3,(H,20,21)/b19-11+. The number of amides is 1. The molecule has 0 saturated heterocycles. The van der Waals surface area contributed by atoms with Crippen LogP contribution in [-0.2, 0) is 0 Å². The highest BCUT2D eigenvalue weighted by atomic mass is 79.9. The molecular formula is C17H17BrN2O3. The quantitative estimate of drug-likeness (QED) is 0.640. The second-order valence-electron chi connectivity index (χ2n) is 4.72. The first kappa shape index (κ1) is 17.0. The largest absolute Gasteiger partial charge is 0.497 e. The molecule has 0 spiro atoms. The second-order valence-corrected chi connectivity index (χ2v) is 5.57. The van der Waals surface area contributed by atoms with E-state index in [1.807, 2.05) is 25.1 Å². The van der Waals surface area contributed by atoms with Crippen molar-refractivity contribution < 1.29 is 14.3 Å². The zero-order valence-electron chi connectivity index (χ0n) is 13.1. The Labute approximate surface area is 143 Å². The van der Waals surface area contributed by atoms with Crippen LogP contribution in [0.25, 0.3) is 0 Å². The molecule has 6 heteroatoms. The van der Waals surface area contributed by atoms with Crippen molar-refractivity contribution in [2.75, 3.05) is 14.2 Å². The molecule has 120 valence electrons. The van der Waals surface area contributed by atoms with Crippen molar-refractivity contribution >= 4 is 27.5 Å². The van der Waals surface area contributed by atoms with Crippen molar-refractivity contribution in [2.24, 2.45) is 5.10 Å². The van der Waals surface area contributed by atoms with Gasteiger partial charge >= 0.3 is 0 Å². The van der Waals surface area contributed by atoms with Gasteiger partial charge in [-0.2, -0.15) is 5.10 Å². The van der Waals surface area contributed by atoms with Crippen molar-refractivity contribution in [1.29, 1.82) is 0 Å². The highest BCUT2D eigenvalue weighted by Gasteiger charge is 2.07. The second kappa shape index (κ2) is 7.78. The fourth-order valence-corrected chi connectivity index (χ4v) is 2.44. The van der Waals surface area contributed by atoms with Crippen LogP contribution in [0.15, 0.2) is 52.0 Å². The number of hydrogen-bond acceptors (Lipinski definition) is 4. The molecule has 5 nitrogen and oxygen atoms in total. The molecule has 2 aromatic carbocycles. The van der Waals surface area contributed by atoms with Crippen LogP contribution in [0.5, 0.6) is 11.5 Å². The summed E-state index contributed by atoms with van der Waals surface area (Å²) < 4.78 is 11.1. The van der Waals surface area contributed by atoms with E-state index < -0.39 is 0 Å². The Hall–Kier alpha value is -2.34. The number of nitrogens with zero attached hydrogens (tertiary/aromatic N) is 1. The van der Waals surface area contributed by atoms with Crippen molar-refractivity contribution in [1.82, 2.24) is 5.43 Å². The van der Waals surface area contributed by atoms with Gasteiger partial charge in [-0.15, -0.1) is 0 Å². The van der Waals surface area contributed by atoms with Crippen molar-refractivity contribution in [3.05, 3.63) is 58.1 Å². The van der Waals surface area contributed by atoms with E-state index in [0.717, 1.165) is 15.8 Å². The molecule has 0 bridgehead atoms. The molecule has 0 heterocycles. The number of carbonyl (C=O) groups is 1. The summed E-state index contributed by atoms with van der Waals surface area (Å²) in [5, 5.41) is 4.13. The van der Waals surface area contributed by atoms with E-state index in [1.54, 1.807) is 38.5 Å². The molecule has 0 aliphatic rings. The van der Waals surface area contributed by atoms with Crippen LogP contribution in [0.1, 0.15) is 22.8 Å². The minimum Gasteiger partial charge on any atom is -0.497 e. The van der Waals surface area contributed by atoms with Crippen molar-refractivity contribution in [2.45, 2.75) is 6.92 Å². The molecule has 0 aliphatic carbocycles. The Morgan fingerprint density at radius 3 is 2.26 bits per heavy atom. The van der Waals surface area contributed by atoms with Gasteiger partial charge in [0.15, 0.2) is 0 Å². The number of hydrazone groups is 1. The lowest BCUT2D eigenvalue weighted by Gasteiger charge is -2.07. The Bertz CT molecular complexity index is 727. The highest BCUT2D eigenvalue weighted by molar-refractivity contribution is 9.10. The van der Waals surface area contributed by atoms with E-state index in [2.05, 4.69) is 26.5 Å². The number of nitrogens with one attached hydrogen (secondary N) is 1. The SMILES string of the molecule is COc1ccc(C(=O)N/N=C(\C)c2ccc(OC)c(Br)c2)cc1. The topological polar surface area (TPSA) is 59.9 Å². The number of carbonyl (C=O) groups excluding carboxylic acids is 1. The number of hydrogen-bond donors (Lipinski definition) is 1. The van der Waals surface area contributed by atoms with Crippen LogP contribution >= 0.6 is 15.9 Å². The van der Waals surface area contributed by atoms with E-state index in [0.29, 0.717) is 17.0 Å². The number of rotatable bonds is 5. The third-order valence-corrected chi connectivity index (χ3v) is 3.87. The zero-order valence-corrected chi connectivity index (χ0v) is 14.7. The van der Waals surface area contributed by atoms with Gasteiger partial charge in [0.2, 0.25) is 0 Å². The maximum absolute atomic E-state index is 12.1. The molecule has 0 aromatic heterocycles. The average Bonchev–Trinajstić information content (AvgIpc) is 2.59. The third kappa shape index (κ3) is 4.32. The van der Waals surface area contributed by atoms with Crippen LogP contribution in [-0.4, -0.2) is 25.8 Å². The van der Waals surface area contributed by atoms with Gasteiger partial charge in [0.25, 0.3) is 5.91 Å². The molecule has 0 aliphatic heterocycles. The first-order valence-electron chi connectivity index (χ1n) is 6.87. The van der Waals surface area contributed by atoms with Crippen LogP contribution in [0.2, 0.25) is 0 Å². The molecule has 0 fully saturated rings. The Kier molecular flexibility index (Phi) is 5.76. The Morgan fingerprint density at radius 2 is 1.70 bits per heavy atom. The summed E-state index contributed by atoms with van der Waals surface area (Å²) in [4.78, 5) is 12.1. The molecule has 0 saturated carbocycles. The third-order valence-electron chi connectivity index (χ3n) is 3.25. The number of methoxy groups -OCH3 is 2. The van der Waals surface area contributed by atoms with Crippen LogP contribution in [0, 0.1) is 0 Å². The van der Waals surface area contributed by atoms with Crippen molar-refractivity contribution in [3.63, 3.8) is 0 Å². The van der Waals surface area contributed by atoms with Gasteiger partial charge in [-0.3, -0.25) is 4.79 Å². The smallest absolute Gasteiger partial charge is 0.271 e. The fraction of sp³-hybridized carbons (Fsp3) is 0.176. The van der Waals surface area contributed by atoms with Gasteiger partial charge in [-0.1, -0.05) is 0 Å². The van der Waals surface area contributed by atoms with Gasteiger partial charge in [0.1, 0.15) is 11.5 Å². The lowest BCUT2D eigenvalue weighted by molar-refractivity contribution is 0.0955. The summed E-state index contributed by atoms with van der Waals surface area (Å²) in [5.74, 6) is 1.16. The summed E-state index contributed by atoms with van der Waals surface area (Å²) in [6.45, 7) is 1.82. The van der Waals surface area contributed by atoms with Crippen LogP contribution < -0.4 is 14.9 Å². The molecule has 2 aromatic rings. The maximum Gasteiger partial charge on any atom is 0.271 e. The normalized spacial score (nSPS) is 11.0. The van der Waals surface area contributed by atoms with Crippen LogP contribution in [0.4, 0.5) is 0 Å². The predicted molar refractivity (Wildman–Crippen MR) is 93.4 cm³/mol. The summed E-state index contributed by atoms with van der Waals surface area (Å²) in [5.41, 5.74) is 4.63. The molecule has 23 heavy (non-hydrogen) atoms. The number of halogens is 1. The summed E-state index contributed by atoms with van der Waals surface area (Å²) in [6, 6.07) is 12.4. The molecule has 0 atom stereocenters. The van der Waals surface area contributed by atoms with E-state index in [4.69, 9.17) is 9.47 Å². The number of benzene rings is 2. The van der Waals surface area contributed by atoms with Gasteiger partial charge in [0, 0.05) is 5.56 Å². The Morgan fingerprint density at radius 1 is 1.04 bits per heavy atom. The molecule has 0 unspecified atom stereocenters. The highest BCUT2D eigenvalue weighted by Crippen LogP contribution is 2.25. The predicted octanol–water partition coefficient (Wildman–Crippen LogP) is 3.62. The lowest BCUT2D eigenvalue weighted by Crippen LogP contribution is -2.19. The summed E-state index contributed by atoms with van der Waals surface area (Å²) in [7, 11) is 3.19. The maximum atomic E-state index is 12.1. The average molecular weight is 377 g/mol. The van der Waals surface area contributed by atoms with Crippen LogP contribution in [0.3, 0.4) is 0 Å². The van der Waals surface area contributed by atoms with E-state index >= 15 is 0 Å². The first-order chi connectivity index (χ1) is 11.0.